The van der Waals surface area contributed by atoms with Crippen LogP contribution in [0, 0.1) is 0 Å². The third-order valence-electron chi connectivity index (χ3n) is 2.44. The predicted octanol–water partition coefficient (Wildman–Crippen LogP) is 2.18. The molecule has 1 aliphatic rings. The summed E-state index contributed by atoms with van der Waals surface area (Å²) in [6.45, 7) is 0. The molecule has 12 heavy (non-hydrogen) atoms. The van der Waals surface area contributed by atoms with Crippen molar-refractivity contribution in [2.45, 2.75) is 18.3 Å². The largest absolute Gasteiger partial charge is 0.411 e. The highest BCUT2D eigenvalue weighted by Crippen LogP contribution is 2.46. The van der Waals surface area contributed by atoms with Gasteiger partial charge in [0, 0.05) is 5.41 Å². The summed E-state index contributed by atoms with van der Waals surface area (Å²) in [6.07, 6.45) is 3.84. The van der Waals surface area contributed by atoms with Crippen molar-refractivity contribution >= 4 is 6.21 Å². The second-order valence-corrected chi connectivity index (χ2v) is 3.27. The SMILES string of the molecule is ON=CC1(c2ccccc2)CC1. The average Bonchev–Trinajstić information content (AvgIpc) is 2.88. The van der Waals surface area contributed by atoms with Gasteiger partial charge in [0.1, 0.15) is 0 Å². The van der Waals surface area contributed by atoms with Gasteiger partial charge in [0.05, 0.1) is 6.21 Å². The van der Waals surface area contributed by atoms with Gasteiger partial charge < -0.3 is 5.21 Å². The molecule has 2 rings (SSSR count). The zero-order chi connectivity index (χ0) is 8.44. The maximum absolute atomic E-state index is 8.47. The van der Waals surface area contributed by atoms with E-state index in [2.05, 4.69) is 17.3 Å². The first kappa shape index (κ1) is 7.35. The lowest BCUT2D eigenvalue weighted by Gasteiger charge is -2.07. The van der Waals surface area contributed by atoms with E-state index in [9.17, 15) is 0 Å². The highest BCUT2D eigenvalue weighted by Gasteiger charge is 2.42. The standard InChI is InChI=1S/C10H11NO/c12-11-8-10(6-7-10)9-4-2-1-3-5-9/h1-5,8,12H,6-7H2. The first-order chi connectivity index (χ1) is 5.87. The van der Waals surface area contributed by atoms with Gasteiger partial charge in [0.15, 0.2) is 0 Å². The molecular formula is C10H11NO. The molecule has 0 bridgehead atoms. The number of hydrogen-bond donors (Lipinski definition) is 1. The van der Waals surface area contributed by atoms with Crippen LogP contribution in [-0.2, 0) is 5.41 Å². The second kappa shape index (κ2) is 2.63. The molecule has 1 aromatic rings. The Hall–Kier alpha value is -1.31. The minimum absolute atomic E-state index is 0.0516. The lowest BCUT2D eigenvalue weighted by molar-refractivity contribution is 0.319. The number of hydrogen-bond acceptors (Lipinski definition) is 2. The molecule has 2 nitrogen and oxygen atoms in total. The van der Waals surface area contributed by atoms with Crippen molar-refractivity contribution in [3.05, 3.63) is 35.9 Å². The third-order valence-corrected chi connectivity index (χ3v) is 2.44. The summed E-state index contributed by atoms with van der Waals surface area (Å²) >= 11 is 0. The van der Waals surface area contributed by atoms with Gasteiger partial charge in [0.2, 0.25) is 0 Å². The summed E-state index contributed by atoms with van der Waals surface area (Å²) in [4.78, 5) is 0. The van der Waals surface area contributed by atoms with Gasteiger partial charge in [0.25, 0.3) is 0 Å². The number of nitrogens with zero attached hydrogens (tertiary/aromatic N) is 1. The molecular weight excluding hydrogens is 150 g/mol. The molecule has 1 saturated carbocycles. The Labute approximate surface area is 71.5 Å². The summed E-state index contributed by atoms with van der Waals surface area (Å²) in [6, 6.07) is 10.2. The molecule has 0 saturated heterocycles. The predicted molar refractivity (Wildman–Crippen MR) is 47.6 cm³/mol. The molecule has 1 aromatic carbocycles. The summed E-state index contributed by atoms with van der Waals surface area (Å²) in [5, 5.41) is 11.6. The minimum Gasteiger partial charge on any atom is -0.411 e. The molecule has 0 spiro atoms. The fourth-order valence-electron chi connectivity index (χ4n) is 1.51. The van der Waals surface area contributed by atoms with Gasteiger partial charge in [-0.05, 0) is 18.4 Å². The van der Waals surface area contributed by atoms with Crippen LogP contribution in [0.15, 0.2) is 35.5 Å². The molecule has 1 aliphatic carbocycles. The molecule has 0 radical (unpaired) electrons. The quantitative estimate of drug-likeness (QED) is 0.402. The summed E-state index contributed by atoms with van der Waals surface area (Å²) < 4.78 is 0. The van der Waals surface area contributed by atoms with Crippen LogP contribution < -0.4 is 0 Å². The van der Waals surface area contributed by atoms with E-state index < -0.39 is 0 Å². The molecule has 0 atom stereocenters. The van der Waals surface area contributed by atoms with Crippen LogP contribution in [0.5, 0.6) is 0 Å². The van der Waals surface area contributed by atoms with Crippen molar-refractivity contribution in [3.8, 4) is 0 Å². The maximum Gasteiger partial charge on any atom is 0.0541 e. The molecule has 1 fully saturated rings. The Bertz CT molecular complexity index is 288. The van der Waals surface area contributed by atoms with Crippen molar-refractivity contribution in [2.75, 3.05) is 0 Å². The van der Waals surface area contributed by atoms with Crippen LogP contribution in [0.4, 0.5) is 0 Å². The molecule has 1 N–H and O–H groups in total. The number of rotatable bonds is 2. The van der Waals surface area contributed by atoms with E-state index in [-0.39, 0.29) is 5.41 Å². The topological polar surface area (TPSA) is 32.6 Å². The zero-order valence-corrected chi connectivity index (χ0v) is 6.77. The lowest BCUT2D eigenvalue weighted by Crippen LogP contribution is -2.07. The molecule has 0 aliphatic heterocycles. The Balaban J connectivity index is 2.31. The van der Waals surface area contributed by atoms with Crippen LogP contribution in [0.3, 0.4) is 0 Å². The second-order valence-electron chi connectivity index (χ2n) is 3.27. The first-order valence-electron chi connectivity index (χ1n) is 4.11. The first-order valence-corrected chi connectivity index (χ1v) is 4.11. The summed E-state index contributed by atoms with van der Waals surface area (Å²) in [5.74, 6) is 0. The van der Waals surface area contributed by atoms with Crippen molar-refractivity contribution < 1.29 is 5.21 Å². The van der Waals surface area contributed by atoms with Gasteiger partial charge in [-0.15, -0.1) is 5.16 Å². The average molecular weight is 161 g/mol. The van der Waals surface area contributed by atoms with Crippen LogP contribution in [0.2, 0.25) is 0 Å². The van der Waals surface area contributed by atoms with Gasteiger partial charge in [-0.2, -0.15) is 0 Å². The van der Waals surface area contributed by atoms with Gasteiger partial charge >= 0.3 is 0 Å². The van der Waals surface area contributed by atoms with Crippen molar-refractivity contribution in [1.82, 2.24) is 0 Å². The van der Waals surface area contributed by atoms with Crippen molar-refractivity contribution in [2.24, 2.45) is 5.16 Å². The van der Waals surface area contributed by atoms with Crippen molar-refractivity contribution in [3.63, 3.8) is 0 Å². The Morgan fingerprint density at radius 3 is 2.42 bits per heavy atom. The normalized spacial score (nSPS) is 19.7. The van der Waals surface area contributed by atoms with Crippen LogP contribution in [-0.4, -0.2) is 11.4 Å². The fraction of sp³-hybridized carbons (Fsp3) is 0.300. The van der Waals surface area contributed by atoms with E-state index in [0.717, 1.165) is 12.8 Å². The van der Waals surface area contributed by atoms with Crippen molar-refractivity contribution in [1.29, 1.82) is 0 Å². The summed E-state index contributed by atoms with van der Waals surface area (Å²) in [5.41, 5.74) is 1.30. The Kier molecular flexibility index (Phi) is 1.61. The van der Waals surface area contributed by atoms with E-state index in [4.69, 9.17) is 5.21 Å². The summed E-state index contributed by atoms with van der Waals surface area (Å²) in [7, 11) is 0. The Morgan fingerprint density at radius 2 is 1.92 bits per heavy atom. The smallest absolute Gasteiger partial charge is 0.0541 e. The minimum atomic E-state index is 0.0516. The van der Waals surface area contributed by atoms with Gasteiger partial charge in [-0.1, -0.05) is 30.3 Å². The molecule has 0 heterocycles. The molecule has 2 heteroatoms. The molecule has 0 aromatic heterocycles. The Morgan fingerprint density at radius 1 is 1.25 bits per heavy atom. The van der Waals surface area contributed by atoms with Crippen LogP contribution in [0.1, 0.15) is 18.4 Å². The molecule has 0 unspecified atom stereocenters. The van der Waals surface area contributed by atoms with E-state index in [1.54, 1.807) is 6.21 Å². The van der Waals surface area contributed by atoms with E-state index in [1.165, 1.54) is 5.56 Å². The zero-order valence-electron chi connectivity index (χ0n) is 6.77. The van der Waals surface area contributed by atoms with E-state index in [1.807, 2.05) is 18.2 Å². The monoisotopic (exact) mass is 161 g/mol. The van der Waals surface area contributed by atoms with E-state index >= 15 is 0 Å². The van der Waals surface area contributed by atoms with Gasteiger partial charge in [-0.25, -0.2) is 0 Å². The highest BCUT2D eigenvalue weighted by atomic mass is 16.4. The third kappa shape index (κ3) is 1.09. The number of oxime groups is 1. The van der Waals surface area contributed by atoms with E-state index in [0.29, 0.717) is 0 Å². The van der Waals surface area contributed by atoms with Crippen LogP contribution in [0.25, 0.3) is 0 Å². The lowest BCUT2D eigenvalue weighted by atomic mass is 9.98. The fourth-order valence-corrected chi connectivity index (χ4v) is 1.51. The highest BCUT2D eigenvalue weighted by molar-refractivity contribution is 5.77. The molecule has 0 amide bonds. The number of benzene rings is 1. The molecule has 62 valence electrons. The maximum atomic E-state index is 8.47. The van der Waals surface area contributed by atoms with Crippen LogP contribution >= 0.6 is 0 Å². The van der Waals surface area contributed by atoms with Gasteiger partial charge in [-0.3, -0.25) is 0 Å².